The first-order valence-electron chi connectivity index (χ1n) is 9.02. The number of carbonyl (C=O) groups is 1. The summed E-state index contributed by atoms with van der Waals surface area (Å²) in [5, 5.41) is 5.23. The highest BCUT2D eigenvalue weighted by molar-refractivity contribution is 5.95. The van der Waals surface area contributed by atoms with E-state index in [-0.39, 0.29) is 17.9 Å². The molecule has 4 rings (SSSR count). The van der Waals surface area contributed by atoms with Crippen molar-refractivity contribution in [2.75, 3.05) is 0 Å². The Kier molecular flexibility index (Phi) is 4.72. The lowest BCUT2D eigenvalue weighted by Crippen LogP contribution is -2.25. The van der Waals surface area contributed by atoms with Gasteiger partial charge in [0, 0.05) is 10.8 Å². The molecule has 1 N–H and O–H groups in total. The van der Waals surface area contributed by atoms with Crippen LogP contribution in [-0.2, 0) is 11.3 Å². The number of aryl methyl sites for hydroxylation is 1. The zero-order valence-corrected chi connectivity index (χ0v) is 15.4. The van der Waals surface area contributed by atoms with Gasteiger partial charge >= 0.3 is 0 Å². The summed E-state index contributed by atoms with van der Waals surface area (Å²) < 4.78 is 1.85. The molecule has 0 fully saturated rings. The van der Waals surface area contributed by atoms with E-state index in [2.05, 4.69) is 10.5 Å². The van der Waals surface area contributed by atoms with Gasteiger partial charge in [-0.05, 0) is 36.8 Å². The molecular weight excluding hydrogens is 350 g/mol. The van der Waals surface area contributed by atoms with E-state index in [4.69, 9.17) is 0 Å². The molecule has 1 heterocycles. The van der Waals surface area contributed by atoms with E-state index in [9.17, 15) is 9.59 Å². The number of nitrogens with zero attached hydrogens (tertiary/aromatic N) is 2. The minimum atomic E-state index is -0.262. The number of rotatable bonds is 4. The Bertz CT molecular complexity index is 1190. The Morgan fingerprint density at radius 3 is 2.11 bits per heavy atom. The molecule has 5 heteroatoms. The fourth-order valence-corrected chi connectivity index (χ4v) is 3.26. The molecular formula is C23H19N3O2. The van der Waals surface area contributed by atoms with Crippen molar-refractivity contribution in [1.29, 1.82) is 0 Å². The molecule has 0 saturated heterocycles. The van der Waals surface area contributed by atoms with Gasteiger partial charge in [0.05, 0.1) is 17.2 Å². The van der Waals surface area contributed by atoms with Crippen LogP contribution in [0, 0.1) is 6.92 Å². The second kappa shape index (κ2) is 7.48. The Balaban J connectivity index is 1.65. The van der Waals surface area contributed by atoms with Crippen molar-refractivity contribution in [2.45, 2.75) is 13.5 Å². The number of carbonyl (C=O) groups excluding carboxylic acids is 1. The minimum absolute atomic E-state index is 0.0275. The van der Waals surface area contributed by atoms with Crippen LogP contribution in [0.25, 0.3) is 21.8 Å². The van der Waals surface area contributed by atoms with Gasteiger partial charge in [-0.1, -0.05) is 54.1 Å². The van der Waals surface area contributed by atoms with Gasteiger partial charge in [0.25, 0.3) is 5.91 Å². The SMILES string of the molecule is Cc1ccc(C=NNC(=O)Cn2c3ccccc3c(=O)c3ccccc32)cc1. The molecule has 1 aromatic heterocycles. The molecule has 0 saturated carbocycles. The molecule has 0 aliphatic heterocycles. The van der Waals surface area contributed by atoms with Crippen LogP contribution in [0.15, 0.2) is 82.7 Å². The predicted molar refractivity (Wildman–Crippen MR) is 113 cm³/mol. The van der Waals surface area contributed by atoms with Gasteiger partial charge < -0.3 is 4.57 Å². The average molecular weight is 369 g/mol. The summed E-state index contributed by atoms with van der Waals surface area (Å²) in [5.41, 5.74) is 6.07. The number of hydrazone groups is 1. The van der Waals surface area contributed by atoms with Crippen LogP contribution in [0.1, 0.15) is 11.1 Å². The van der Waals surface area contributed by atoms with E-state index in [1.54, 1.807) is 18.3 Å². The number of para-hydroxylation sites is 2. The third-order valence-corrected chi connectivity index (χ3v) is 4.66. The van der Waals surface area contributed by atoms with Gasteiger partial charge in [-0.2, -0.15) is 5.10 Å². The summed E-state index contributed by atoms with van der Waals surface area (Å²) >= 11 is 0. The molecule has 1 amide bonds. The predicted octanol–water partition coefficient (Wildman–Crippen LogP) is 3.61. The van der Waals surface area contributed by atoms with E-state index in [1.807, 2.05) is 72.2 Å². The molecule has 0 spiro atoms. The van der Waals surface area contributed by atoms with Crippen LogP contribution in [0.3, 0.4) is 0 Å². The molecule has 138 valence electrons. The summed E-state index contributed by atoms with van der Waals surface area (Å²) in [7, 11) is 0. The largest absolute Gasteiger partial charge is 0.331 e. The zero-order chi connectivity index (χ0) is 19.5. The van der Waals surface area contributed by atoms with Crippen molar-refractivity contribution < 1.29 is 4.79 Å². The summed E-state index contributed by atoms with van der Waals surface area (Å²) in [6.45, 7) is 2.08. The number of fused-ring (bicyclic) bond motifs is 2. The van der Waals surface area contributed by atoms with Gasteiger partial charge in [-0.15, -0.1) is 0 Å². The molecule has 3 aromatic carbocycles. The van der Waals surface area contributed by atoms with Gasteiger partial charge in [-0.25, -0.2) is 5.43 Å². The Hall–Kier alpha value is -3.73. The van der Waals surface area contributed by atoms with E-state index in [0.717, 1.165) is 22.2 Å². The van der Waals surface area contributed by atoms with Gasteiger partial charge in [0.2, 0.25) is 0 Å². The second-order valence-corrected chi connectivity index (χ2v) is 6.65. The first kappa shape index (κ1) is 17.7. The lowest BCUT2D eigenvalue weighted by atomic mass is 10.1. The number of hydrogen-bond donors (Lipinski definition) is 1. The molecule has 0 radical (unpaired) electrons. The molecule has 0 aliphatic rings. The monoisotopic (exact) mass is 369 g/mol. The van der Waals surface area contributed by atoms with E-state index >= 15 is 0 Å². The maximum absolute atomic E-state index is 12.7. The van der Waals surface area contributed by atoms with Gasteiger partial charge in [0.1, 0.15) is 6.54 Å². The van der Waals surface area contributed by atoms with Crippen LogP contribution in [0.5, 0.6) is 0 Å². The van der Waals surface area contributed by atoms with Gasteiger partial charge in [0.15, 0.2) is 5.43 Å². The van der Waals surface area contributed by atoms with Crippen molar-refractivity contribution in [3.05, 3.63) is 94.1 Å². The van der Waals surface area contributed by atoms with Crippen LogP contribution >= 0.6 is 0 Å². The standard InChI is InChI=1S/C23H19N3O2/c1-16-10-12-17(13-11-16)14-24-25-22(27)15-26-20-8-4-2-6-18(20)23(28)19-7-3-5-9-21(19)26/h2-14H,15H2,1H3,(H,25,27). The van der Waals surface area contributed by atoms with Crippen molar-refractivity contribution in [3.63, 3.8) is 0 Å². The Morgan fingerprint density at radius 1 is 0.929 bits per heavy atom. The summed E-state index contributed by atoms with van der Waals surface area (Å²) in [6.07, 6.45) is 1.61. The zero-order valence-electron chi connectivity index (χ0n) is 15.4. The average Bonchev–Trinajstić information content (AvgIpc) is 2.72. The second-order valence-electron chi connectivity index (χ2n) is 6.65. The van der Waals surface area contributed by atoms with Crippen LogP contribution in [0.2, 0.25) is 0 Å². The number of pyridine rings is 1. The molecule has 0 atom stereocenters. The third kappa shape index (κ3) is 3.42. The van der Waals surface area contributed by atoms with Crippen molar-refractivity contribution in [1.82, 2.24) is 9.99 Å². The highest BCUT2D eigenvalue weighted by atomic mass is 16.2. The topological polar surface area (TPSA) is 63.5 Å². The normalized spacial score (nSPS) is 11.3. The molecule has 5 nitrogen and oxygen atoms in total. The van der Waals surface area contributed by atoms with Crippen molar-refractivity contribution in [2.24, 2.45) is 5.10 Å². The van der Waals surface area contributed by atoms with Crippen molar-refractivity contribution in [3.8, 4) is 0 Å². The van der Waals surface area contributed by atoms with E-state index in [0.29, 0.717) is 10.8 Å². The number of amides is 1. The lowest BCUT2D eigenvalue weighted by Gasteiger charge is -2.14. The lowest BCUT2D eigenvalue weighted by molar-refractivity contribution is -0.121. The van der Waals surface area contributed by atoms with Crippen molar-refractivity contribution >= 4 is 33.9 Å². The summed E-state index contributed by atoms with van der Waals surface area (Å²) in [6, 6.07) is 22.5. The summed E-state index contributed by atoms with van der Waals surface area (Å²) in [4.78, 5) is 25.2. The molecule has 4 aromatic rings. The third-order valence-electron chi connectivity index (χ3n) is 4.66. The molecule has 0 bridgehead atoms. The summed E-state index contributed by atoms with van der Waals surface area (Å²) in [5.74, 6) is -0.262. The Labute approximate surface area is 161 Å². The van der Waals surface area contributed by atoms with Crippen LogP contribution < -0.4 is 10.9 Å². The maximum atomic E-state index is 12.7. The van der Waals surface area contributed by atoms with Crippen LogP contribution in [0.4, 0.5) is 0 Å². The van der Waals surface area contributed by atoms with E-state index in [1.165, 1.54) is 0 Å². The molecule has 0 unspecified atom stereocenters. The number of hydrogen-bond acceptors (Lipinski definition) is 3. The number of benzene rings is 3. The number of aromatic nitrogens is 1. The minimum Gasteiger partial charge on any atom is -0.331 e. The fourth-order valence-electron chi connectivity index (χ4n) is 3.26. The first-order chi connectivity index (χ1) is 13.6. The highest BCUT2D eigenvalue weighted by Crippen LogP contribution is 2.18. The van der Waals surface area contributed by atoms with Gasteiger partial charge in [-0.3, -0.25) is 9.59 Å². The van der Waals surface area contributed by atoms with E-state index < -0.39 is 0 Å². The maximum Gasteiger partial charge on any atom is 0.260 e. The highest BCUT2D eigenvalue weighted by Gasteiger charge is 2.12. The number of nitrogens with one attached hydrogen (secondary N) is 1. The molecule has 28 heavy (non-hydrogen) atoms. The quantitative estimate of drug-likeness (QED) is 0.339. The fraction of sp³-hybridized carbons (Fsp3) is 0.0870. The molecule has 0 aliphatic carbocycles. The van der Waals surface area contributed by atoms with Crippen LogP contribution in [-0.4, -0.2) is 16.7 Å². The Morgan fingerprint density at radius 2 is 1.50 bits per heavy atom. The first-order valence-corrected chi connectivity index (χ1v) is 9.02. The smallest absolute Gasteiger partial charge is 0.260 e.